The van der Waals surface area contributed by atoms with Crippen molar-refractivity contribution in [2.45, 2.75) is 80.3 Å². The fourth-order valence-electron chi connectivity index (χ4n) is 6.15. The molecule has 5 rings (SSSR count). The van der Waals surface area contributed by atoms with Crippen molar-refractivity contribution in [3.63, 3.8) is 0 Å². The number of carbonyl (C=O) groups is 2. The number of fused-ring (bicyclic) bond motifs is 1. The molecular weight excluding hydrogens is 626 g/mol. The van der Waals surface area contributed by atoms with Gasteiger partial charge in [0.15, 0.2) is 5.76 Å². The molecule has 0 aliphatic rings. The van der Waals surface area contributed by atoms with Gasteiger partial charge in [0.1, 0.15) is 17.2 Å². The number of nitrogens with one attached hydrogen (secondary N) is 3. The van der Waals surface area contributed by atoms with Crippen LogP contribution in [0.3, 0.4) is 0 Å². The summed E-state index contributed by atoms with van der Waals surface area (Å²) in [4.78, 5) is 30.0. The fourth-order valence-corrected chi connectivity index (χ4v) is 6.26. The maximum Gasteiger partial charge on any atom is 0.287 e. The molecule has 5 aromatic rings. The van der Waals surface area contributed by atoms with Crippen LogP contribution in [0.4, 0.5) is 0 Å². The zero-order valence-electron chi connectivity index (χ0n) is 29.1. The van der Waals surface area contributed by atoms with Crippen LogP contribution in [0.1, 0.15) is 88.5 Å². The lowest BCUT2D eigenvalue weighted by molar-refractivity contribution is 0.0898. The van der Waals surface area contributed by atoms with Gasteiger partial charge in [0, 0.05) is 40.3 Å². The number of furan rings is 1. The van der Waals surface area contributed by atoms with E-state index in [4.69, 9.17) is 20.8 Å². The Labute approximate surface area is 287 Å². The van der Waals surface area contributed by atoms with Crippen molar-refractivity contribution in [1.82, 2.24) is 25.4 Å². The van der Waals surface area contributed by atoms with Gasteiger partial charge in [-0.15, -0.1) is 0 Å². The molecule has 10 heteroatoms. The minimum absolute atomic E-state index is 0.0186. The van der Waals surface area contributed by atoms with Crippen molar-refractivity contribution in [2.75, 3.05) is 6.61 Å². The molecule has 9 nitrogen and oxygen atoms in total. The molecule has 0 saturated heterocycles. The van der Waals surface area contributed by atoms with E-state index < -0.39 is 0 Å². The lowest BCUT2D eigenvalue weighted by atomic mass is 9.98. The number of rotatable bonds is 13. The average Bonchev–Trinajstić information content (AvgIpc) is 3.75. The topological polar surface area (TPSA) is 114 Å². The van der Waals surface area contributed by atoms with Crippen molar-refractivity contribution in [2.24, 2.45) is 13.0 Å². The first-order valence-electron chi connectivity index (χ1n) is 16.6. The lowest BCUT2D eigenvalue weighted by Crippen LogP contribution is -2.36. The zero-order valence-corrected chi connectivity index (χ0v) is 29.9. The molecular formula is C38H46ClN5O4. The number of benzene rings is 2. The Morgan fingerprint density at radius 1 is 1.06 bits per heavy atom. The van der Waals surface area contributed by atoms with E-state index in [0.29, 0.717) is 36.8 Å². The predicted molar refractivity (Wildman–Crippen MR) is 191 cm³/mol. The number of hydrogen-bond acceptors (Lipinski definition) is 5. The second kappa shape index (κ2) is 14.7. The number of aromatic nitrogens is 3. The van der Waals surface area contributed by atoms with Gasteiger partial charge in [0.25, 0.3) is 11.8 Å². The largest absolute Gasteiger partial charge is 0.494 e. The van der Waals surface area contributed by atoms with Crippen molar-refractivity contribution in [3.05, 3.63) is 92.8 Å². The maximum atomic E-state index is 13.8. The van der Waals surface area contributed by atoms with Crippen molar-refractivity contribution in [1.29, 1.82) is 0 Å². The van der Waals surface area contributed by atoms with Crippen LogP contribution in [0, 0.1) is 33.6 Å². The van der Waals surface area contributed by atoms with Gasteiger partial charge >= 0.3 is 0 Å². The van der Waals surface area contributed by atoms with Gasteiger partial charge in [-0.05, 0) is 94.3 Å². The van der Waals surface area contributed by atoms with Gasteiger partial charge in [0.05, 0.1) is 24.4 Å². The van der Waals surface area contributed by atoms with E-state index in [2.05, 4.69) is 40.6 Å². The van der Waals surface area contributed by atoms with E-state index >= 15 is 0 Å². The van der Waals surface area contributed by atoms with Crippen molar-refractivity contribution < 1.29 is 18.7 Å². The average molecular weight is 672 g/mol. The first-order valence-corrected chi connectivity index (χ1v) is 17.0. The summed E-state index contributed by atoms with van der Waals surface area (Å²) < 4.78 is 13.8. The summed E-state index contributed by atoms with van der Waals surface area (Å²) in [7, 11) is 1.94. The molecule has 2 atom stereocenters. The van der Waals surface area contributed by atoms with E-state index in [9.17, 15) is 9.59 Å². The van der Waals surface area contributed by atoms with E-state index in [1.54, 1.807) is 12.1 Å². The molecule has 0 aliphatic carbocycles. The number of halogens is 1. The second-order valence-electron chi connectivity index (χ2n) is 12.8. The van der Waals surface area contributed by atoms with Crippen LogP contribution in [-0.4, -0.2) is 39.2 Å². The molecule has 2 aromatic carbocycles. The standard InChI is InChI=1S/C38H46ClN5O4/c1-9-21(2)24(5)41-37(45)32-16-15-27(48-32)20-40-38(46)36-30(14-11-17-47-28-18-22(3)34(39)23(4)19-28)29-12-10-13-31(35(29)42-36)33-25(6)43-44(8)26(33)7/h10,12-13,15-16,18-19,21,24,42H,9,11,14,17,20H2,1-8H3,(H,40,46)(H,41,45)/t21-,24+/m0/s1. The van der Waals surface area contributed by atoms with Crippen molar-refractivity contribution >= 4 is 34.3 Å². The molecule has 2 amide bonds. The van der Waals surface area contributed by atoms with Crippen molar-refractivity contribution in [3.8, 4) is 16.9 Å². The molecule has 48 heavy (non-hydrogen) atoms. The van der Waals surface area contributed by atoms with E-state index in [0.717, 1.165) is 67.3 Å². The van der Waals surface area contributed by atoms with E-state index in [-0.39, 0.29) is 30.2 Å². The molecule has 254 valence electrons. The Hall–Kier alpha value is -4.50. The van der Waals surface area contributed by atoms with E-state index in [1.807, 2.05) is 70.6 Å². The molecule has 3 N–H and O–H groups in total. The van der Waals surface area contributed by atoms with Crippen LogP contribution in [0.15, 0.2) is 46.9 Å². The summed E-state index contributed by atoms with van der Waals surface area (Å²) in [5, 5.41) is 12.4. The number of para-hydroxylation sites is 1. The predicted octanol–water partition coefficient (Wildman–Crippen LogP) is 8.15. The number of H-pyrrole nitrogens is 1. The number of hydrogen-bond donors (Lipinski definition) is 3. The Bertz CT molecular complexity index is 1930. The molecule has 0 fully saturated rings. The maximum absolute atomic E-state index is 13.8. The minimum Gasteiger partial charge on any atom is -0.494 e. The Morgan fingerprint density at radius 3 is 2.46 bits per heavy atom. The third kappa shape index (κ3) is 7.31. The first kappa shape index (κ1) is 34.8. The highest BCUT2D eigenvalue weighted by molar-refractivity contribution is 6.32. The highest BCUT2D eigenvalue weighted by Crippen LogP contribution is 2.36. The number of carbonyl (C=O) groups excluding carboxylic acids is 2. The number of aromatic amines is 1. The third-order valence-corrected chi connectivity index (χ3v) is 9.96. The quantitative estimate of drug-likeness (QED) is 0.109. The lowest BCUT2D eigenvalue weighted by Gasteiger charge is -2.19. The highest BCUT2D eigenvalue weighted by Gasteiger charge is 2.23. The molecule has 0 radical (unpaired) electrons. The van der Waals surface area contributed by atoms with Gasteiger partial charge in [-0.1, -0.05) is 50.1 Å². The summed E-state index contributed by atoms with van der Waals surface area (Å²) >= 11 is 6.35. The van der Waals surface area contributed by atoms with Crippen LogP contribution < -0.4 is 15.4 Å². The van der Waals surface area contributed by atoms with Crippen LogP contribution >= 0.6 is 11.6 Å². The normalized spacial score (nSPS) is 12.7. The molecule has 0 aliphatic heterocycles. The van der Waals surface area contributed by atoms with Gasteiger partial charge in [-0.25, -0.2) is 0 Å². The molecule has 0 saturated carbocycles. The monoisotopic (exact) mass is 671 g/mol. The van der Waals surface area contributed by atoms with Crippen LogP contribution in [0.2, 0.25) is 5.02 Å². The van der Waals surface area contributed by atoms with Crippen LogP contribution in [0.25, 0.3) is 22.0 Å². The minimum atomic E-state index is -0.266. The summed E-state index contributed by atoms with van der Waals surface area (Å²) in [6.07, 6.45) is 2.27. The molecule has 0 unspecified atom stereocenters. The van der Waals surface area contributed by atoms with Gasteiger partial charge in [-0.3, -0.25) is 14.3 Å². The van der Waals surface area contributed by atoms with Gasteiger partial charge < -0.3 is 24.8 Å². The number of aryl methyl sites for hydroxylation is 5. The van der Waals surface area contributed by atoms with Gasteiger partial charge in [-0.2, -0.15) is 5.10 Å². The smallest absolute Gasteiger partial charge is 0.287 e. The fraction of sp³-hybridized carbons (Fsp3) is 0.395. The second-order valence-corrected chi connectivity index (χ2v) is 13.2. The Morgan fingerprint density at radius 2 is 1.79 bits per heavy atom. The third-order valence-electron chi connectivity index (χ3n) is 9.36. The van der Waals surface area contributed by atoms with Crippen LogP contribution in [-0.2, 0) is 20.0 Å². The highest BCUT2D eigenvalue weighted by atomic mass is 35.5. The zero-order chi connectivity index (χ0) is 34.7. The van der Waals surface area contributed by atoms with Crippen LogP contribution in [0.5, 0.6) is 5.75 Å². The Kier molecular flexibility index (Phi) is 10.7. The summed E-state index contributed by atoms with van der Waals surface area (Å²) in [5.74, 6) is 1.31. The van der Waals surface area contributed by atoms with E-state index in [1.165, 1.54) is 0 Å². The molecule has 3 heterocycles. The first-order chi connectivity index (χ1) is 22.9. The number of amides is 2. The Balaban J connectivity index is 1.38. The van der Waals surface area contributed by atoms with Gasteiger partial charge in [0.2, 0.25) is 0 Å². The number of nitrogens with zero attached hydrogens (tertiary/aromatic N) is 2. The summed E-state index contributed by atoms with van der Waals surface area (Å²) in [5.41, 5.74) is 8.23. The summed E-state index contributed by atoms with van der Waals surface area (Å²) in [6, 6.07) is 13.4. The summed E-state index contributed by atoms with van der Waals surface area (Å²) in [6.45, 7) is 14.8. The number of ether oxygens (including phenoxy) is 1. The SMILES string of the molecule is CC[C@H](C)[C@@H](C)NC(=O)c1ccc(CNC(=O)c2[nH]c3c(-c4c(C)nn(C)c4C)cccc3c2CCCOc2cc(C)c(Cl)c(C)c2)o1. The molecule has 3 aromatic heterocycles. The molecule has 0 spiro atoms. The molecule has 0 bridgehead atoms.